The summed E-state index contributed by atoms with van der Waals surface area (Å²) in [6, 6.07) is 15.0. The second kappa shape index (κ2) is 8.44. The van der Waals surface area contributed by atoms with Crippen LogP contribution in [0.1, 0.15) is 37.4 Å². The highest BCUT2D eigenvalue weighted by molar-refractivity contribution is 6.30. The Kier molecular flexibility index (Phi) is 5.58. The van der Waals surface area contributed by atoms with E-state index in [0.717, 1.165) is 29.9 Å². The summed E-state index contributed by atoms with van der Waals surface area (Å²) in [5.74, 6) is 0. The molecule has 2 aromatic heterocycles. The van der Waals surface area contributed by atoms with Crippen molar-refractivity contribution in [1.82, 2.24) is 20.1 Å². The van der Waals surface area contributed by atoms with E-state index in [0.29, 0.717) is 23.3 Å². The molecule has 0 saturated heterocycles. The lowest BCUT2D eigenvalue weighted by atomic mass is 10.2. The fourth-order valence-corrected chi connectivity index (χ4v) is 3.67. The molecule has 4 rings (SSSR count). The first-order valence-electron chi connectivity index (χ1n) is 9.49. The number of pyridine rings is 1. The number of benzene rings is 1. The number of carbonyl (C=O) groups is 1. The second-order valence-electron chi connectivity index (χ2n) is 6.93. The summed E-state index contributed by atoms with van der Waals surface area (Å²) in [5, 5.41) is 11.1. The summed E-state index contributed by atoms with van der Waals surface area (Å²) in [4.78, 5) is 16.7. The minimum Gasteiger partial charge on any atom is -0.332 e. The van der Waals surface area contributed by atoms with Crippen LogP contribution in [0, 0.1) is 0 Å². The summed E-state index contributed by atoms with van der Waals surface area (Å²) >= 11 is 5.87. The van der Waals surface area contributed by atoms with Gasteiger partial charge in [-0.2, -0.15) is 5.10 Å². The summed E-state index contributed by atoms with van der Waals surface area (Å²) in [6.45, 7) is 0.346. The molecule has 144 valence electrons. The molecule has 1 aliphatic rings. The number of nitrogens with zero attached hydrogens (tertiary/aromatic N) is 3. The molecule has 0 aliphatic heterocycles. The minimum atomic E-state index is -0.280. The van der Waals surface area contributed by atoms with E-state index in [9.17, 15) is 4.79 Å². The lowest BCUT2D eigenvalue weighted by Crippen LogP contribution is -2.28. The summed E-state index contributed by atoms with van der Waals surface area (Å²) in [5.41, 5.74) is 3.41. The van der Waals surface area contributed by atoms with Crippen molar-refractivity contribution < 1.29 is 4.79 Å². The Morgan fingerprint density at radius 2 is 1.93 bits per heavy atom. The number of halogens is 1. The van der Waals surface area contributed by atoms with E-state index in [1.807, 2.05) is 24.3 Å². The van der Waals surface area contributed by atoms with Crippen molar-refractivity contribution in [2.75, 3.05) is 5.32 Å². The number of carbonyl (C=O) groups excluding carboxylic acids is 1. The van der Waals surface area contributed by atoms with Gasteiger partial charge in [0.1, 0.15) is 0 Å². The molecule has 0 radical (unpaired) electrons. The predicted molar refractivity (Wildman–Crippen MR) is 110 cm³/mol. The lowest BCUT2D eigenvalue weighted by Gasteiger charge is -2.13. The molecule has 2 heterocycles. The first-order valence-corrected chi connectivity index (χ1v) is 9.87. The van der Waals surface area contributed by atoms with E-state index in [4.69, 9.17) is 16.7 Å². The summed E-state index contributed by atoms with van der Waals surface area (Å²) in [6.07, 6.45) is 6.50. The van der Waals surface area contributed by atoms with E-state index >= 15 is 0 Å². The lowest BCUT2D eigenvalue weighted by molar-refractivity contribution is 0.251. The van der Waals surface area contributed by atoms with Crippen LogP contribution in [-0.2, 0) is 6.54 Å². The van der Waals surface area contributed by atoms with E-state index in [2.05, 4.69) is 20.3 Å². The zero-order valence-electron chi connectivity index (χ0n) is 15.4. The van der Waals surface area contributed by atoms with Gasteiger partial charge in [-0.1, -0.05) is 30.5 Å². The van der Waals surface area contributed by atoms with Crippen LogP contribution in [0.15, 0.2) is 54.7 Å². The van der Waals surface area contributed by atoms with Crippen LogP contribution < -0.4 is 10.6 Å². The average molecular weight is 396 g/mol. The van der Waals surface area contributed by atoms with E-state index in [1.54, 1.807) is 30.5 Å². The topological polar surface area (TPSA) is 71.8 Å². The molecule has 0 spiro atoms. The van der Waals surface area contributed by atoms with E-state index in [1.165, 1.54) is 12.8 Å². The van der Waals surface area contributed by atoms with Gasteiger partial charge in [0.05, 0.1) is 29.7 Å². The molecule has 1 aliphatic carbocycles. The van der Waals surface area contributed by atoms with Crippen molar-refractivity contribution >= 4 is 23.3 Å². The Bertz CT molecular complexity index is 933. The van der Waals surface area contributed by atoms with Crippen LogP contribution in [0.3, 0.4) is 0 Å². The highest BCUT2D eigenvalue weighted by Gasteiger charge is 2.22. The van der Waals surface area contributed by atoms with Crippen molar-refractivity contribution in [2.24, 2.45) is 0 Å². The highest BCUT2D eigenvalue weighted by atomic mass is 35.5. The van der Waals surface area contributed by atoms with Gasteiger partial charge in [-0.3, -0.25) is 9.67 Å². The molecule has 1 saturated carbocycles. The first-order chi connectivity index (χ1) is 13.7. The van der Waals surface area contributed by atoms with Crippen molar-refractivity contribution in [3.8, 4) is 11.4 Å². The Morgan fingerprint density at radius 1 is 1.14 bits per heavy atom. The zero-order valence-corrected chi connectivity index (χ0v) is 16.2. The van der Waals surface area contributed by atoms with Gasteiger partial charge in [-0.25, -0.2) is 4.79 Å². The van der Waals surface area contributed by atoms with Crippen LogP contribution in [0.4, 0.5) is 10.5 Å². The fourth-order valence-electron chi connectivity index (χ4n) is 3.54. The number of aromatic nitrogens is 3. The monoisotopic (exact) mass is 395 g/mol. The van der Waals surface area contributed by atoms with Crippen LogP contribution in [0.25, 0.3) is 11.4 Å². The number of rotatable bonds is 5. The molecular formula is C21H22ClN5O. The minimum absolute atomic E-state index is 0.280. The number of hydrogen-bond donors (Lipinski definition) is 2. The van der Waals surface area contributed by atoms with Crippen LogP contribution in [0.2, 0.25) is 5.02 Å². The molecule has 0 bridgehead atoms. The van der Waals surface area contributed by atoms with Gasteiger partial charge in [0.25, 0.3) is 0 Å². The fraction of sp³-hybridized carbons (Fsp3) is 0.286. The number of anilines is 1. The maximum atomic E-state index is 12.2. The highest BCUT2D eigenvalue weighted by Crippen LogP contribution is 2.33. The molecule has 1 aromatic carbocycles. The number of hydrogen-bond acceptors (Lipinski definition) is 3. The van der Waals surface area contributed by atoms with Gasteiger partial charge in [0, 0.05) is 16.9 Å². The van der Waals surface area contributed by atoms with Crippen molar-refractivity contribution in [1.29, 1.82) is 0 Å². The Labute approximate surface area is 168 Å². The first kappa shape index (κ1) is 18.5. The standard InChI is InChI=1S/C21H22ClN5O/c22-15-8-10-16(11-9-15)25-21(28)24-14-17-13-20(19-7-3-4-12-23-19)27(26-17)18-5-1-2-6-18/h3-4,7-13,18H,1-2,5-6,14H2,(H2,24,25,28). The predicted octanol–water partition coefficient (Wildman–Crippen LogP) is 5.04. The molecule has 0 unspecified atom stereocenters. The normalized spacial score (nSPS) is 14.2. The van der Waals surface area contributed by atoms with Crippen molar-refractivity contribution in [2.45, 2.75) is 38.3 Å². The molecule has 1 fully saturated rings. The third kappa shape index (κ3) is 4.34. The van der Waals surface area contributed by atoms with Gasteiger partial charge in [-0.05, 0) is 55.3 Å². The Balaban J connectivity index is 1.47. The van der Waals surface area contributed by atoms with Gasteiger partial charge >= 0.3 is 6.03 Å². The maximum absolute atomic E-state index is 12.2. The number of amides is 2. The third-order valence-corrected chi connectivity index (χ3v) is 5.17. The average Bonchev–Trinajstić information content (AvgIpc) is 3.38. The molecule has 2 N–H and O–H groups in total. The van der Waals surface area contributed by atoms with E-state index < -0.39 is 0 Å². The molecule has 2 amide bonds. The van der Waals surface area contributed by atoms with Crippen LogP contribution in [0.5, 0.6) is 0 Å². The van der Waals surface area contributed by atoms with Crippen LogP contribution >= 0.6 is 11.6 Å². The number of urea groups is 1. The largest absolute Gasteiger partial charge is 0.332 e. The maximum Gasteiger partial charge on any atom is 0.319 e. The van der Waals surface area contributed by atoms with Gasteiger partial charge < -0.3 is 10.6 Å². The summed E-state index contributed by atoms with van der Waals surface area (Å²) in [7, 11) is 0. The third-order valence-electron chi connectivity index (χ3n) is 4.92. The van der Waals surface area contributed by atoms with E-state index in [-0.39, 0.29) is 6.03 Å². The smallest absolute Gasteiger partial charge is 0.319 e. The number of nitrogens with one attached hydrogen (secondary N) is 2. The molecule has 0 atom stereocenters. The molecular weight excluding hydrogens is 374 g/mol. The SMILES string of the molecule is O=C(NCc1cc(-c2ccccn2)n(C2CCCC2)n1)Nc1ccc(Cl)cc1. The van der Waals surface area contributed by atoms with Crippen molar-refractivity contribution in [3.05, 3.63) is 65.4 Å². The van der Waals surface area contributed by atoms with Gasteiger partial charge in [0.2, 0.25) is 0 Å². The van der Waals surface area contributed by atoms with Gasteiger partial charge in [-0.15, -0.1) is 0 Å². The Hall–Kier alpha value is -2.86. The zero-order chi connectivity index (χ0) is 19.3. The second-order valence-corrected chi connectivity index (χ2v) is 7.37. The quantitative estimate of drug-likeness (QED) is 0.636. The Morgan fingerprint density at radius 3 is 2.64 bits per heavy atom. The van der Waals surface area contributed by atoms with Gasteiger partial charge in [0.15, 0.2) is 0 Å². The molecule has 28 heavy (non-hydrogen) atoms. The molecule has 7 heteroatoms. The molecule has 3 aromatic rings. The van der Waals surface area contributed by atoms with Crippen molar-refractivity contribution in [3.63, 3.8) is 0 Å². The van der Waals surface area contributed by atoms with Crippen LogP contribution in [-0.4, -0.2) is 20.8 Å². The summed E-state index contributed by atoms with van der Waals surface area (Å²) < 4.78 is 2.09. The molecule has 6 nitrogen and oxygen atoms in total.